The van der Waals surface area contributed by atoms with Crippen LogP contribution in [0.4, 0.5) is 5.69 Å². The minimum Gasteiger partial charge on any atom is -0.347 e. The Bertz CT molecular complexity index is 616. The van der Waals surface area contributed by atoms with Gasteiger partial charge in [0, 0.05) is 23.7 Å². The lowest BCUT2D eigenvalue weighted by atomic mass is 9.94. The van der Waals surface area contributed by atoms with Gasteiger partial charge in [-0.25, -0.2) is 0 Å². The molecule has 0 radical (unpaired) electrons. The molecule has 0 atom stereocenters. The highest BCUT2D eigenvalue weighted by Crippen LogP contribution is 2.24. The minimum absolute atomic E-state index is 0.0110. The van der Waals surface area contributed by atoms with Crippen LogP contribution in [0.5, 0.6) is 0 Å². The van der Waals surface area contributed by atoms with E-state index in [-0.39, 0.29) is 18.4 Å². The van der Waals surface area contributed by atoms with Crippen molar-refractivity contribution in [2.45, 2.75) is 65.5 Å². The van der Waals surface area contributed by atoms with Crippen molar-refractivity contribution in [3.05, 3.63) is 29.8 Å². The van der Waals surface area contributed by atoms with Crippen LogP contribution in [0.1, 0.15) is 58.4 Å². The average molecular weight is 360 g/mol. The van der Waals surface area contributed by atoms with Gasteiger partial charge in [-0.2, -0.15) is 0 Å². The quantitative estimate of drug-likeness (QED) is 0.816. The van der Waals surface area contributed by atoms with Crippen LogP contribution >= 0.6 is 0 Å². The molecule has 26 heavy (non-hydrogen) atoms. The van der Waals surface area contributed by atoms with Crippen molar-refractivity contribution in [1.82, 2.24) is 10.2 Å². The minimum atomic E-state index is -0.499. The summed E-state index contributed by atoms with van der Waals surface area (Å²) in [5.74, 6) is -0.326. The molecule has 0 bridgehead atoms. The highest BCUT2D eigenvalue weighted by atomic mass is 16.2. The average Bonchev–Trinajstić information content (AvgIpc) is 2.61. The number of anilines is 1. The summed E-state index contributed by atoms with van der Waals surface area (Å²) in [4.78, 5) is 26.5. The topological polar surface area (TPSA) is 61.4 Å². The Morgan fingerprint density at radius 2 is 1.77 bits per heavy atom. The first-order chi connectivity index (χ1) is 12.3. The van der Waals surface area contributed by atoms with E-state index < -0.39 is 5.41 Å². The molecule has 1 aliphatic carbocycles. The number of para-hydroxylation sites is 1. The molecule has 5 heteroatoms. The Balaban J connectivity index is 1.93. The van der Waals surface area contributed by atoms with Crippen LogP contribution < -0.4 is 10.6 Å². The summed E-state index contributed by atoms with van der Waals surface area (Å²) in [6.45, 7) is 6.29. The van der Waals surface area contributed by atoms with Gasteiger partial charge in [0.1, 0.15) is 0 Å². The van der Waals surface area contributed by atoms with Crippen LogP contribution in [0, 0.1) is 5.41 Å². The van der Waals surface area contributed by atoms with Gasteiger partial charge in [-0.05, 0) is 31.5 Å². The Morgan fingerprint density at radius 3 is 2.42 bits per heavy atom. The maximum Gasteiger partial charge on any atom is 0.243 e. The zero-order valence-electron chi connectivity index (χ0n) is 16.6. The molecule has 1 fully saturated rings. The SMILES string of the molecule is CN(Cc1ccccc1NC(=O)CNC(=O)C(C)(C)C)C1CCCCC1. The first kappa shape index (κ1) is 20.4. The third-order valence-corrected chi connectivity index (χ3v) is 5.00. The lowest BCUT2D eigenvalue weighted by Crippen LogP contribution is -2.39. The molecule has 0 saturated heterocycles. The standard InChI is InChI=1S/C21H33N3O2/c1-21(2,3)20(26)22-14-19(25)23-18-13-9-8-10-16(18)15-24(4)17-11-6-5-7-12-17/h8-10,13,17H,5-7,11-12,14-15H2,1-4H3,(H,22,26)(H,23,25). The molecule has 0 heterocycles. The summed E-state index contributed by atoms with van der Waals surface area (Å²) in [7, 11) is 2.16. The summed E-state index contributed by atoms with van der Waals surface area (Å²) in [6, 6.07) is 8.53. The number of nitrogens with zero attached hydrogens (tertiary/aromatic N) is 1. The molecule has 2 rings (SSSR count). The van der Waals surface area contributed by atoms with Crippen molar-refractivity contribution >= 4 is 17.5 Å². The lowest BCUT2D eigenvalue weighted by Gasteiger charge is -2.31. The molecule has 2 amide bonds. The van der Waals surface area contributed by atoms with Gasteiger partial charge in [0.15, 0.2) is 0 Å². The van der Waals surface area contributed by atoms with E-state index in [4.69, 9.17) is 0 Å². The zero-order valence-corrected chi connectivity index (χ0v) is 16.6. The number of carbonyl (C=O) groups excluding carboxylic acids is 2. The fourth-order valence-electron chi connectivity index (χ4n) is 3.32. The van der Waals surface area contributed by atoms with Gasteiger partial charge in [-0.3, -0.25) is 14.5 Å². The van der Waals surface area contributed by atoms with Crippen molar-refractivity contribution < 1.29 is 9.59 Å². The van der Waals surface area contributed by atoms with Crippen molar-refractivity contribution in [2.24, 2.45) is 5.41 Å². The monoisotopic (exact) mass is 359 g/mol. The zero-order chi connectivity index (χ0) is 19.2. The van der Waals surface area contributed by atoms with Crippen LogP contribution in [0.3, 0.4) is 0 Å². The maximum atomic E-state index is 12.2. The van der Waals surface area contributed by atoms with E-state index in [0.29, 0.717) is 6.04 Å². The number of rotatable bonds is 6. The molecular formula is C21H33N3O2. The highest BCUT2D eigenvalue weighted by molar-refractivity contribution is 5.95. The van der Waals surface area contributed by atoms with Crippen LogP contribution in [0.15, 0.2) is 24.3 Å². The summed E-state index contributed by atoms with van der Waals surface area (Å²) < 4.78 is 0. The normalized spacial score (nSPS) is 15.7. The fraction of sp³-hybridized carbons (Fsp3) is 0.619. The molecular weight excluding hydrogens is 326 g/mol. The number of hydrogen-bond acceptors (Lipinski definition) is 3. The Hall–Kier alpha value is -1.88. The third-order valence-electron chi connectivity index (χ3n) is 5.00. The third kappa shape index (κ3) is 6.13. The number of carbonyl (C=O) groups is 2. The second-order valence-corrected chi connectivity index (χ2v) is 8.34. The summed E-state index contributed by atoms with van der Waals surface area (Å²) in [6.07, 6.45) is 6.47. The van der Waals surface area contributed by atoms with Crippen molar-refractivity contribution in [1.29, 1.82) is 0 Å². The molecule has 1 aromatic rings. The molecule has 0 spiro atoms. The number of amides is 2. The molecule has 0 unspecified atom stereocenters. The van der Waals surface area contributed by atoms with Crippen LogP contribution in [0.25, 0.3) is 0 Å². The maximum absolute atomic E-state index is 12.2. The predicted octanol–water partition coefficient (Wildman–Crippen LogP) is 3.55. The molecule has 0 aliphatic heterocycles. The van der Waals surface area contributed by atoms with Gasteiger partial charge in [0.2, 0.25) is 11.8 Å². The lowest BCUT2D eigenvalue weighted by molar-refractivity contribution is -0.130. The number of nitrogens with one attached hydrogen (secondary N) is 2. The van der Waals surface area contributed by atoms with E-state index in [9.17, 15) is 9.59 Å². The molecule has 1 saturated carbocycles. The second kappa shape index (κ2) is 9.17. The molecule has 1 aromatic carbocycles. The summed E-state index contributed by atoms with van der Waals surface area (Å²) in [5.41, 5.74) is 1.43. The van der Waals surface area contributed by atoms with Crippen molar-refractivity contribution in [2.75, 3.05) is 18.9 Å². The Morgan fingerprint density at radius 1 is 1.12 bits per heavy atom. The van der Waals surface area contributed by atoms with E-state index in [2.05, 4.69) is 28.6 Å². The molecule has 0 aromatic heterocycles. The van der Waals surface area contributed by atoms with Gasteiger partial charge in [-0.15, -0.1) is 0 Å². The smallest absolute Gasteiger partial charge is 0.243 e. The predicted molar refractivity (Wildman–Crippen MR) is 106 cm³/mol. The van der Waals surface area contributed by atoms with E-state index in [1.165, 1.54) is 32.1 Å². The Kier molecular flexibility index (Phi) is 7.21. The van der Waals surface area contributed by atoms with Crippen LogP contribution in [-0.2, 0) is 16.1 Å². The first-order valence-corrected chi connectivity index (χ1v) is 9.63. The molecule has 1 aliphatic rings. The molecule has 144 valence electrons. The summed E-state index contributed by atoms with van der Waals surface area (Å²) in [5, 5.41) is 5.64. The van der Waals surface area contributed by atoms with Crippen molar-refractivity contribution in [3.8, 4) is 0 Å². The van der Waals surface area contributed by atoms with Gasteiger partial charge < -0.3 is 10.6 Å². The van der Waals surface area contributed by atoms with Crippen molar-refractivity contribution in [3.63, 3.8) is 0 Å². The van der Waals surface area contributed by atoms with Gasteiger partial charge in [0.25, 0.3) is 0 Å². The van der Waals surface area contributed by atoms with Gasteiger partial charge in [-0.1, -0.05) is 58.2 Å². The van der Waals surface area contributed by atoms with E-state index in [1.807, 2.05) is 39.0 Å². The Labute approximate surface area is 157 Å². The number of benzene rings is 1. The highest BCUT2D eigenvalue weighted by Gasteiger charge is 2.22. The number of hydrogen-bond donors (Lipinski definition) is 2. The van der Waals surface area contributed by atoms with Crippen LogP contribution in [-0.4, -0.2) is 36.3 Å². The molecule has 2 N–H and O–H groups in total. The molecule has 5 nitrogen and oxygen atoms in total. The largest absolute Gasteiger partial charge is 0.347 e. The van der Waals surface area contributed by atoms with Crippen LogP contribution in [0.2, 0.25) is 0 Å². The fourth-order valence-corrected chi connectivity index (χ4v) is 3.32. The van der Waals surface area contributed by atoms with Gasteiger partial charge >= 0.3 is 0 Å². The van der Waals surface area contributed by atoms with E-state index in [0.717, 1.165) is 17.8 Å². The van der Waals surface area contributed by atoms with E-state index >= 15 is 0 Å². The van der Waals surface area contributed by atoms with Gasteiger partial charge in [0.05, 0.1) is 6.54 Å². The van der Waals surface area contributed by atoms with E-state index in [1.54, 1.807) is 0 Å². The summed E-state index contributed by atoms with van der Waals surface area (Å²) >= 11 is 0. The second-order valence-electron chi connectivity index (χ2n) is 8.34. The first-order valence-electron chi connectivity index (χ1n) is 9.63.